The molecule has 0 saturated heterocycles. The van der Waals surface area contributed by atoms with Crippen molar-refractivity contribution in [1.29, 1.82) is 0 Å². The van der Waals surface area contributed by atoms with Crippen molar-refractivity contribution >= 4 is 27.7 Å². The van der Waals surface area contributed by atoms with Crippen LogP contribution in [0.4, 0.5) is 0 Å². The summed E-state index contributed by atoms with van der Waals surface area (Å²) in [6, 6.07) is 15.3. The second-order valence-corrected chi connectivity index (χ2v) is 8.37. The Labute approximate surface area is 185 Å². The summed E-state index contributed by atoms with van der Waals surface area (Å²) in [5.74, 6) is 1.07. The average Bonchev–Trinajstić information content (AvgIpc) is 3.07. The lowest BCUT2D eigenvalue weighted by Gasteiger charge is -2.31. The molecule has 0 spiro atoms. The van der Waals surface area contributed by atoms with Gasteiger partial charge in [-0.2, -0.15) is 0 Å². The first-order chi connectivity index (χ1) is 14.4. The summed E-state index contributed by atoms with van der Waals surface area (Å²) < 4.78 is 12.6. The van der Waals surface area contributed by atoms with Crippen molar-refractivity contribution in [1.82, 2.24) is 4.90 Å². The van der Waals surface area contributed by atoms with Crippen LogP contribution in [0.15, 0.2) is 58.0 Å². The number of hydrogen-bond acceptors (Lipinski definition) is 5. The molecule has 1 N–H and O–H groups in total. The topological polar surface area (TPSA) is 71.4 Å². The molecule has 7 heteroatoms. The predicted molar refractivity (Wildman–Crippen MR) is 120 cm³/mol. The molecule has 2 aromatic rings. The van der Waals surface area contributed by atoms with Crippen LogP contribution in [0.3, 0.4) is 0 Å². The second-order valence-electron chi connectivity index (χ2n) is 7.52. The molecule has 0 aliphatic carbocycles. The van der Waals surface area contributed by atoms with Gasteiger partial charge in [0.2, 0.25) is 5.90 Å². The number of likely N-dealkylation sites (N-methyl/N-ethyl adjacent to an activating group) is 1. The van der Waals surface area contributed by atoms with E-state index in [4.69, 9.17) is 19.6 Å². The van der Waals surface area contributed by atoms with Crippen LogP contribution >= 0.6 is 15.9 Å². The maximum absolute atomic E-state index is 13.3. The number of halogens is 1. The van der Waals surface area contributed by atoms with Crippen LogP contribution in [-0.4, -0.2) is 60.8 Å². The van der Waals surface area contributed by atoms with Gasteiger partial charge < -0.3 is 19.5 Å². The molecular formula is C23H27BrN2O4. The lowest BCUT2D eigenvalue weighted by Crippen LogP contribution is -2.52. The van der Waals surface area contributed by atoms with E-state index in [1.165, 1.54) is 0 Å². The molecule has 160 valence electrons. The Kier molecular flexibility index (Phi) is 7.15. The maximum Gasteiger partial charge on any atom is 0.254 e. The summed E-state index contributed by atoms with van der Waals surface area (Å²) >= 11 is 3.58. The summed E-state index contributed by atoms with van der Waals surface area (Å²) in [7, 11) is 3.48. The number of carbonyl (C=O) groups excluding carboxylic acids is 1. The van der Waals surface area contributed by atoms with Crippen molar-refractivity contribution in [3.05, 3.63) is 64.1 Å². The highest BCUT2D eigenvalue weighted by atomic mass is 79.9. The molecule has 0 radical (unpaired) electrons. The number of amides is 1. The highest BCUT2D eigenvalue weighted by Crippen LogP contribution is 2.35. The van der Waals surface area contributed by atoms with Crippen LogP contribution in [0.25, 0.3) is 0 Å². The monoisotopic (exact) mass is 474 g/mol. The van der Waals surface area contributed by atoms with Crippen LogP contribution < -0.4 is 4.74 Å². The van der Waals surface area contributed by atoms with E-state index in [2.05, 4.69) is 15.9 Å². The van der Waals surface area contributed by atoms with Gasteiger partial charge in [-0.05, 0) is 42.8 Å². The third-order valence-electron chi connectivity index (χ3n) is 5.13. The Morgan fingerprint density at radius 2 is 1.93 bits per heavy atom. The molecule has 30 heavy (non-hydrogen) atoms. The van der Waals surface area contributed by atoms with Crippen molar-refractivity contribution in [3.8, 4) is 5.75 Å². The molecule has 1 aliphatic heterocycles. The molecular weight excluding hydrogens is 448 g/mol. The van der Waals surface area contributed by atoms with Gasteiger partial charge in [0.15, 0.2) is 5.54 Å². The molecule has 6 nitrogen and oxygen atoms in total. The molecule has 1 aliphatic rings. The SMILES string of the molecule is C[C@H]1OC(c2ccc(OCCCO)cc2)=N[C@@]1(Cc1ccccc1Br)C(=O)N(C)C. The molecule has 1 heterocycles. The molecule has 0 unspecified atom stereocenters. The molecule has 0 aromatic heterocycles. The van der Waals surface area contributed by atoms with Gasteiger partial charge >= 0.3 is 0 Å². The highest BCUT2D eigenvalue weighted by Gasteiger charge is 2.51. The minimum atomic E-state index is -1.04. The Bertz CT molecular complexity index is 914. The largest absolute Gasteiger partial charge is 0.494 e. The molecule has 0 bridgehead atoms. The van der Waals surface area contributed by atoms with Crippen molar-refractivity contribution in [3.63, 3.8) is 0 Å². The van der Waals surface area contributed by atoms with E-state index >= 15 is 0 Å². The Hall–Kier alpha value is -2.38. The van der Waals surface area contributed by atoms with Gasteiger partial charge in [0.1, 0.15) is 11.9 Å². The molecule has 0 fully saturated rings. The Balaban J connectivity index is 1.92. The van der Waals surface area contributed by atoms with Crippen molar-refractivity contribution < 1.29 is 19.4 Å². The summed E-state index contributed by atoms with van der Waals surface area (Å²) in [6.45, 7) is 2.44. The number of aliphatic hydroxyl groups is 1. The van der Waals surface area contributed by atoms with Gasteiger partial charge in [-0.3, -0.25) is 4.79 Å². The highest BCUT2D eigenvalue weighted by molar-refractivity contribution is 9.10. The van der Waals surface area contributed by atoms with E-state index in [0.717, 1.165) is 15.6 Å². The third-order valence-corrected chi connectivity index (χ3v) is 5.90. The first-order valence-electron chi connectivity index (χ1n) is 9.93. The van der Waals surface area contributed by atoms with Gasteiger partial charge in [0.05, 0.1) is 6.61 Å². The van der Waals surface area contributed by atoms with E-state index in [1.807, 2.05) is 55.5 Å². The molecule has 3 rings (SSSR count). The number of ether oxygens (including phenoxy) is 2. The zero-order chi connectivity index (χ0) is 21.7. The van der Waals surface area contributed by atoms with Gasteiger partial charge in [0.25, 0.3) is 5.91 Å². The van der Waals surface area contributed by atoms with Gasteiger partial charge in [-0.15, -0.1) is 0 Å². The van der Waals surface area contributed by atoms with Crippen LogP contribution in [0, 0.1) is 0 Å². The first-order valence-corrected chi connectivity index (χ1v) is 10.7. The van der Waals surface area contributed by atoms with Crippen molar-refractivity contribution in [2.75, 3.05) is 27.3 Å². The number of rotatable bonds is 8. The number of nitrogens with zero attached hydrogens (tertiary/aromatic N) is 2. The third kappa shape index (κ3) is 4.68. The summed E-state index contributed by atoms with van der Waals surface area (Å²) in [5, 5.41) is 8.87. The second kappa shape index (κ2) is 9.62. The molecule has 0 saturated carbocycles. The van der Waals surface area contributed by atoms with E-state index in [9.17, 15) is 4.79 Å². The van der Waals surface area contributed by atoms with Crippen molar-refractivity contribution in [2.24, 2.45) is 4.99 Å². The fraction of sp³-hybridized carbons (Fsp3) is 0.391. The van der Waals surface area contributed by atoms with Crippen LogP contribution in [0.5, 0.6) is 5.75 Å². The lowest BCUT2D eigenvalue weighted by atomic mass is 9.85. The summed E-state index contributed by atoms with van der Waals surface area (Å²) in [4.78, 5) is 19.7. The van der Waals surface area contributed by atoms with E-state index in [-0.39, 0.29) is 12.5 Å². The zero-order valence-corrected chi connectivity index (χ0v) is 19.1. The predicted octanol–water partition coefficient (Wildman–Crippen LogP) is 3.45. The van der Waals surface area contributed by atoms with Gasteiger partial charge in [0, 0.05) is 43.6 Å². The number of aliphatic imine (C=N–C) groups is 1. The smallest absolute Gasteiger partial charge is 0.254 e. The lowest BCUT2D eigenvalue weighted by molar-refractivity contribution is -0.136. The van der Waals surface area contributed by atoms with E-state index in [1.54, 1.807) is 19.0 Å². The van der Waals surface area contributed by atoms with Gasteiger partial charge in [-0.1, -0.05) is 34.1 Å². The van der Waals surface area contributed by atoms with E-state index in [0.29, 0.717) is 31.1 Å². The first kappa shape index (κ1) is 22.3. The fourth-order valence-electron chi connectivity index (χ4n) is 3.44. The Morgan fingerprint density at radius 3 is 2.57 bits per heavy atom. The van der Waals surface area contributed by atoms with Gasteiger partial charge in [-0.25, -0.2) is 4.99 Å². The van der Waals surface area contributed by atoms with Crippen molar-refractivity contribution in [2.45, 2.75) is 31.4 Å². The molecule has 1 amide bonds. The van der Waals surface area contributed by atoms with Crippen LogP contribution in [0.2, 0.25) is 0 Å². The standard InChI is InChI=1S/C23H27BrN2O4/c1-16-23(22(28)26(2)3,15-18-7-4-5-8-20(18)24)25-21(30-16)17-9-11-19(12-10-17)29-14-6-13-27/h4-5,7-12,16,27H,6,13-15H2,1-3H3/t16-,23-/m1/s1. The zero-order valence-electron chi connectivity index (χ0n) is 17.5. The molecule has 2 aromatic carbocycles. The van der Waals surface area contributed by atoms with Crippen LogP contribution in [0.1, 0.15) is 24.5 Å². The Morgan fingerprint density at radius 1 is 1.23 bits per heavy atom. The minimum absolute atomic E-state index is 0.0929. The minimum Gasteiger partial charge on any atom is -0.494 e. The number of aliphatic hydroxyl groups excluding tert-OH is 1. The fourth-order valence-corrected chi connectivity index (χ4v) is 3.87. The number of hydrogen-bond donors (Lipinski definition) is 1. The van der Waals surface area contributed by atoms with E-state index < -0.39 is 11.6 Å². The average molecular weight is 475 g/mol. The maximum atomic E-state index is 13.3. The number of carbonyl (C=O) groups is 1. The quantitative estimate of drug-likeness (QED) is 0.594. The number of benzene rings is 2. The molecule has 2 atom stereocenters. The summed E-state index contributed by atoms with van der Waals surface area (Å²) in [6.07, 6.45) is 0.590. The normalized spacial score (nSPS) is 20.4. The summed E-state index contributed by atoms with van der Waals surface area (Å²) in [5.41, 5.74) is 0.747. The van der Waals surface area contributed by atoms with Crippen LogP contribution in [-0.2, 0) is 16.0 Å².